The van der Waals surface area contributed by atoms with Gasteiger partial charge in [0.05, 0.1) is 12.4 Å². The van der Waals surface area contributed by atoms with E-state index in [1.54, 1.807) is 46.5 Å². The van der Waals surface area contributed by atoms with Gasteiger partial charge in [-0.2, -0.15) is 5.10 Å². The van der Waals surface area contributed by atoms with Gasteiger partial charge >= 0.3 is 0 Å². The molecule has 2 heterocycles. The van der Waals surface area contributed by atoms with Crippen LogP contribution in [0.15, 0.2) is 70.5 Å². The van der Waals surface area contributed by atoms with Crippen molar-refractivity contribution in [3.63, 3.8) is 0 Å². The van der Waals surface area contributed by atoms with E-state index >= 15 is 0 Å². The van der Waals surface area contributed by atoms with Crippen molar-refractivity contribution in [1.29, 1.82) is 0 Å². The number of thioether (sulfide) groups is 1. The molecule has 0 saturated heterocycles. The average molecular weight is 487 g/mol. The molecular formula is C21H19BrN4O3S. The van der Waals surface area contributed by atoms with Gasteiger partial charge in [-0.3, -0.25) is 24.8 Å². The molecule has 0 fully saturated rings. The Morgan fingerprint density at radius 1 is 1.17 bits per heavy atom. The monoisotopic (exact) mass is 486 g/mol. The maximum atomic E-state index is 12.9. The number of nitrogens with zero attached hydrogens (tertiary/aromatic N) is 3. The van der Waals surface area contributed by atoms with Crippen LogP contribution in [0.25, 0.3) is 0 Å². The van der Waals surface area contributed by atoms with Crippen LogP contribution in [0, 0.1) is 0 Å². The summed E-state index contributed by atoms with van der Waals surface area (Å²) in [6.07, 6.45) is 2.88. The van der Waals surface area contributed by atoms with E-state index in [1.165, 1.54) is 11.8 Å². The van der Waals surface area contributed by atoms with E-state index in [-0.39, 0.29) is 17.4 Å². The van der Waals surface area contributed by atoms with Crippen LogP contribution < -0.4 is 15.1 Å². The molecule has 154 valence electrons. The summed E-state index contributed by atoms with van der Waals surface area (Å²) in [6.45, 7) is 2.50. The molecule has 7 nitrogen and oxygen atoms in total. The minimum absolute atomic E-state index is 0.0157. The minimum Gasteiger partial charge on any atom is -0.494 e. The Labute approximate surface area is 186 Å². The molecule has 30 heavy (non-hydrogen) atoms. The van der Waals surface area contributed by atoms with Gasteiger partial charge in [0.25, 0.3) is 5.91 Å². The Hall–Kier alpha value is -2.78. The summed E-state index contributed by atoms with van der Waals surface area (Å²) in [5, 5.41) is 4.84. The van der Waals surface area contributed by atoms with Crippen molar-refractivity contribution in [3.8, 4) is 5.75 Å². The van der Waals surface area contributed by atoms with Crippen molar-refractivity contribution in [3.05, 3.63) is 71.0 Å². The number of carbonyl (C=O) groups is 2. The van der Waals surface area contributed by atoms with Crippen LogP contribution in [0.4, 0.5) is 5.69 Å². The number of hydrogen-bond donors (Lipinski definition) is 1. The highest BCUT2D eigenvalue weighted by molar-refractivity contribution is 9.10. The number of rotatable bonds is 6. The molecule has 0 saturated carbocycles. The van der Waals surface area contributed by atoms with E-state index in [4.69, 9.17) is 4.74 Å². The third kappa shape index (κ3) is 4.22. The number of halogens is 1. The van der Waals surface area contributed by atoms with Crippen LogP contribution >= 0.6 is 27.7 Å². The number of benzene rings is 2. The molecule has 0 radical (unpaired) electrons. The number of amides is 1. The van der Waals surface area contributed by atoms with Gasteiger partial charge in [-0.25, -0.2) is 0 Å². The largest absolute Gasteiger partial charge is 0.494 e. The van der Waals surface area contributed by atoms with Crippen LogP contribution in [-0.2, 0) is 4.79 Å². The fourth-order valence-corrected chi connectivity index (χ4v) is 4.18. The van der Waals surface area contributed by atoms with Gasteiger partial charge < -0.3 is 4.74 Å². The Kier molecular flexibility index (Phi) is 6.10. The lowest BCUT2D eigenvalue weighted by molar-refractivity contribution is -0.122. The Bertz CT molecular complexity index is 1010. The normalized spacial score (nSPS) is 17.5. The first-order valence-electron chi connectivity index (χ1n) is 9.34. The minimum atomic E-state index is -0.623. The van der Waals surface area contributed by atoms with Crippen LogP contribution in [0.1, 0.15) is 17.3 Å². The lowest BCUT2D eigenvalue weighted by Gasteiger charge is -2.31. The van der Waals surface area contributed by atoms with E-state index in [2.05, 4.69) is 26.5 Å². The summed E-state index contributed by atoms with van der Waals surface area (Å²) in [5.41, 5.74) is 4.25. The molecule has 4 rings (SSSR count). The number of carbonyl (C=O) groups excluding carboxylic acids is 2. The van der Waals surface area contributed by atoms with Gasteiger partial charge in [0.1, 0.15) is 5.75 Å². The van der Waals surface area contributed by atoms with Gasteiger partial charge in [0.15, 0.2) is 11.0 Å². The number of hydrogen-bond acceptors (Lipinski definition) is 7. The third-order valence-corrected chi connectivity index (χ3v) is 6.05. The molecule has 2 aromatic rings. The fourth-order valence-electron chi connectivity index (χ4n) is 3.05. The van der Waals surface area contributed by atoms with Crippen molar-refractivity contribution < 1.29 is 14.3 Å². The summed E-state index contributed by atoms with van der Waals surface area (Å²) in [4.78, 5) is 28.7. The predicted molar refractivity (Wildman–Crippen MR) is 121 cm³/mol. The van der Waals surface area contributed by atoms with Crippen molar-refractivity contribution in [1.82, 2.24) is 10.3 Å². The highest BCUT2D eigenvalue weighted by Gasteiger charge is 2.38. The van der Waals surface area contributed by atoms with Crippen molar-refractivity contribution in [2.75, 3.05) is 17.3 Å². The van der Waals surface area contributed by atoms with Gasteiger partial charge in [-0.1, -0.05) is 27.7 Å². The fraction of sp³-hybridized carbons (Fsp3) is 0.190. The standard InChI is InChI=1S/C21H19BrN4O3S/c1-2-29-17-9-3-14(4-10-17)18(27)13-30-21-24-23-19-20(28)25(11-12-26(19)21)16-7-5-15(22)6-8-16/h3-12,19,23H,2,13H2,1H3. The van der Waals surface area contributed by atoms with Crippen molar-refractivity contribution in [2.45, 2.75) is 13.1 Å². The molecule has 1 N–H and O–H groups in total. The number of anilines is 1. The van der Waals surface area contributed by atoms with Crippen molar-refractivity contribution in [2.24, 2.45) is 5.10 Å². The molecule has 0 spiro atoms. The van der Waals surface area contributed by atoms with E-state index < -0.39 is 6.17 Å². The lowest BCUT2D eigenvalue weighted by atomic mass is 10.1. The van der Waals surface area contributed by atoms with Gasteiger partial charge in [-0.05, 0) is 55.5 Å². The zero-order valence-electron chi connectivity index (χ0n) is 16.1. The highest BCUT2D eigenvalue weighted by Crippen LogP contribution is 2.27. The molecule has 1 unspecified atom stereocenters. The van der Waals surface area contributed by atoms with Crippen LogP contribution in [0.3, 0.4) is 0 Å². The van der Waals surface area contributed by atoms with Crippen LogP contribution in [0.5, 0.6) is 5.75 Å². The van der Waals surface area contributed by atoms with Gasteiger partial charge in [-0.15, -0.1) is 0 Å². The summed E-state index contributed by atoms with van der Waals surface area (Å²) in [5.74, 6) is 0.798. The van der Waals surface area contributed by atoms with E-state index in [1.807, 2.05) is 31.2 Å². The Morgan fingerprint density at radius 3 is 2.60 bits per heavy atom. The predicted octanol–water partition coefficient (Wildman–Crippen LogP) is 3.78. The first-order chi connectivity index (χ1) is 14.6. The van der Waals surface area contributed by atoms with Crippen LogP contribution in [0.2, 0.25) is 0 Å². The first kappa shape index (κ1) is 20.5. The molecule has 2 aliphatic heterocycles. The van der Waals surface area contributed by atoms with Gasteiger partial charge in [0.2, 0.25) is 6.17 Å². The SMILES string of the molecule is CCOc1ccc(C(=O)CSC2=NNC3C(=O)N(c4ccc(Br)cc4)C=CN23)cc1. The number of nitrogens with one attached hydrogen (secondary N) is 1. The number of hydrazone groups is 1. The summed E-state index contributed by atoms with van der Waals surface area (Å²) in [7, 11) is 0. The summed E-state index contributed by atoms with van der Waals surface area (Å²) >= 11 is 4.69. The quantitative estimate of drug-likeness (QED) is 0.626. The number of ketones is 1. The second kappa shape index (κ2) is 8.93. The van der Waals surface area contributed by atoms with E-state index in [0.717, 1.165) is 15.9 Å². The third-order valence-electron chi connectivity index (χ3n) is 4.55. The summed E-state index contributed by atoms with van der Waals surface area (Å²) in [6, 6.07) is 14.6. The molecule has 0 bridgehead atoms. The molecule has 1 amide bonds. The molecule has 9 heteroatoms. The molecular weight excluding hydrogens is 468 g/mol. The second-order valence-electron chi connectivity index (χ2n) is 6.49. The average Bonchev–Trinajstić information content (AvgIpc) is 3.18. The lowest BCUT2D eigenvalue weighted by Crippen LogP contribution is -2.52. The van der Waals surface area contributed by atoms with E-state index in [9.17, 15) is 9.59 Å². The highest BCUT2D eigenvalue weighted by atomic mass is 79.9. The smallest absolute Gasteiger partial charge is 0.276 e. The van der Waals surface area contributed by atoms with Crippen molar-refractivity contribution >= 4 is 50.2 Å². The Balaban J connectivity index is 1.39. The first-order valence-corrected chi connectivity index (χ1v) is 11.1. The van der Waals surface area contributed by atoms with Crippen LogP contribution in [-0.4, -0.2) is 40.3 Å². The zero-order valence-corrected chi connectivity index (χ0v) is 18.5. The molecule has 2 aliphatic rings. The number of ether oxygens (including phenoxy) is 1. The molecule has 0 aromatic heterocycles. The number of fused-ring (bicyclic) bond motifs is 1. The number of amidine groups is 1. The zero-order chi connectivity index (χ0) is 21.1. The molecule has 1 atom stereocenters. The summed E-state index contributed by atoms with van der Waals surface area (Å²) < 4.78 is 6.35. The second-order valence-corrected chi connectivity index (χ2v) is 8.34. The topological polar surface area (TPSA) is 74.2 Å². The maximum absolute atomic E-state index is 12.9. The molecule has 0 aliphatic carbocycles. The number of Topliss-reactive ketones (excluding diaryl/α,β-unsaturated/α-hetero) is 1. The Morgan fingerprint density at radius 2 is 1.90 bits per heavy atom. The maximum Gasteiger partial charge on any atom is 0.276 e. The van der Waals surface area contributed by atoms with E-state index in [0.29, 0.717) is 17.3 Å². The van der Waals surface area contributed by atoms with Gasteiger partial charge in [0, 0.05) is 28.1 Å². The molecule has 2 aromatic carbocycles.